The second kappa shape index (κ2) is 6.95. The maximum absolute atomic E-state index is 11.5. The van der Waals surface area contributed by atoms with E-state index >= 15 is 0 Å². The summed E-state index contributed by atoms with van der Waals surface area (Å²) < 4.78 is 24.3. The monoisotopic (exact) mass is 276 g/mol. The predicted octanol–water partition coefficient (Wildman–Crippen LogP) is -0.686. The Labute approximate surface area is 109 Å². The van der Waals surface area contributed by atoms with Crippen molar-refractivity contribution in [2.45, 2.75) is 19.1 Å². The van der Waals surface area contributed by atoms with Gasteiger partial charge in [-0.1, -0.05) is 0 Å². The molecule has 1 unspecified atom stereocenters. The van der Waals surface area contributed by atoms with E-state index in [2.05, 4.69) is 4.74 Å². The highest BCUT2D eigenvalue weighted by molar-refractivity contribution is 5.89. The summed E-state index contributed by atoms with van der Waals surface area (Å²) in [5, 5.41) is 9.83. The number of hydrogen-bond acceptors (Lipinski definition) is 8. The Hall–Kier alpha value is -1.80. The van der Waals surface area contributed by atoms with Crippen molar-refractivity contribution in [2.24, 2.45) is 0 Å². The van der Waals surface area contributed by atoms with E-state index in [1.807, 2.05) is 0 Å². The Kier molecular flexibility index (Phi) is 5.58. The van der Waals surface area contributed by atoms with Crippen LogP contribution in [-0.4, -0.2) is 56.9 Å². The summed E-state index contributed by atoms with van der Waals surface area (Å²) >= 11 is 0. The lowest BCUT2D eigenvalue weighted by Crippen LogP contribution is -2.34. The molecule has 0 radical (unpaired) electrons. The topological polar surface area (TPSA) is 101 Å². The van der Waals surface area contributed by atoms with Gasteiger partial charge < -0.3 is 28.8 Å². The Morgan fingerprint density at radius 2 is 2.16 bits per heavy atom. The number of aliphatic hydroxyl groups is 1. The number of esters is 2. The van der Waals surface area contributed by atoms with Crippen LogP contribution in [0.15, 0.2) is 11.5 Å². The van der Waals surface area contributed by atoms with Crippen molar-refractivity contribution in [3.05, 3.63) is 11.5 Å². The van der Waals surface area contributed by atoms with Crippen LogP contribution in [0.5, 0.6) is 0 Å². The van der Waals surface area contributed by atoms with Gasteiger partial charge in [0.1, 0.15) is 12.7 Å². The fraction of sp³-hybridized carbons (Fsp3) is 0.636. The third kappa shape index (κ3) is 3.83. The van der Waals surface area contributed by atoms with Gasteiger partial charge in [0.15, 0.2) is 18.7 Å². The molecule has 0 bridgehead atoms. The zero-order valence-electron chi connectivity index (χ0n) is 10.9. The number of ether oxygens (including phenoxy) is 5. The average Bonchev–Trinajstić information content (AvgIpc) is 2.69. The fourth-order valence-corrected chi connectivity index (χ4v) is 1.45. The molecule has 1 aliphatic heterocycles. The highest BCUT2D eigenvalue weighted by Crippen LogP contribution is 2.26. The van der Waals surface area contributed by atoms with Crippen LogP contribution in [-0.2, 0) is 33.3 Å². The van der Waals surface area contributed by atoms with Gasteiger partial charge in [0.2, 0.25) is 5.76 Å². The first-order valence-electron chi connectivity index (χ1n) is 5.43. The van der Waals surface area contributed by atoms with E-state index in [1.165, 1.54) is 21.1 Å². The molecule has 1 heterocycles. The van der Waals surface area contributed by atoms with Crippen LogP contribution in [0.25, 0.3) is 0 Å². The zero-order chi connectivity index (χ0) is 14.4. The van der Waals surface area contributed by atoms with E-state index < -0.39 is 24.1 Å². The summed E-state index contributed by atoms with van der Waals surface area (Å²) in [5.41, 5.74) is 0. The molecular weight excluding hydrogens is 260 g/mol. The van der Waals surface area contributed by atoms with Crippen LogP contribution in [0.1, 0.15) is 6.92 Å². The maximum atomic E-state index is 11.5. The number of methoxy groups -OCH3 is 2. The van der Waals surface area contributed by atoms with Crippen molar-refractivity contribution in [3.8, 4) is 0 Å². The number of carbonyl (C=O) groups excluding carboxylic acids is 2. The van der Waals surface area contributed by atoms with E-state index in [4.69, 9.17) is 18.9 Å². The van der Waals surface area contributed by atoms with Gasteiger partial charge in [0.05, 0.1) is 7.11 Å². The summed E-state index contributed by atoms with van der Waals surface area (Å²) in [6, 6.07) is 0. The summed E-state index contributed by atoms with van der Waals surface area (Å²) in [5.74, 6) is -1.46. The fourth-order valence-electron chi connectivity index (χ4n) is 1.45. The van der Waals surface area contributed by atoms with Crippen LogP contribution >= 0.6 is 0 Å². The van der Waals surface area contributed by atoms with Crippen molar-refractivity contribution in [3.63, 3.8) is 0 Å². The minimum atomic E-state index is -1.26. The second-order valence-corrected chi connectivity index (χ2v) is 3.64. The molecule has 0 spiro atoms. The zero-order valence-corrected chi connectivity index (χ0v) is 10.9. The highest BCUT2D eigenvalue weighted by Gasteiger charge is 2.42. The highest BCUT2D eigenvalue weighted by atomic mass is 16.7. The molecule has 8 heteroatoms. The summed E-state index contributed by atoms with van der Waals surface area (Å²) in [4.78, 5) is 22.2. The minimum absolute atomic E-state index is 0.00834. The standard InChI is InChI=1S/C11H16O8/c1-6(12)17-4-7(13)8-9(18-5-15-2)10(16-3)11(14)19-8/h7-8,13H,4-5H2,1-3H3/t7-,8?/m0/s1. The van der Waals surface area contributed by atoms with Crippen LogP contribution in [0.4, 0.5) is 0 Å². The maximum Gasteiger partial charge on any atom is 0.378 e. The van der Waals surface area contributed by atoms with Crippen LogP contribution in [0.3, 0.4) is 0 Å². The molecule has 0 saturated heterocycles. The molecule has 8 nitrogen and oxygen atoms in total. The summed E-state index contributed by atoms with van der Waals surface area (Å²) in [6.07, 6.45) is -2.36. The molecule has 1 N–H and O–H groups in total. The van der Waals surface area contributed by atoms with Crippen molar-refractivity contribution < 1.29 is 38.4 Å². The lowest BCUT2D eigenvalue weighted by Gasteiger charge is -2.19. The van der Waals surface area contributed by atoms with E-state index in [-0.39, 0.29) is 24.9 Å². The SMILES string of the molecule is COCOC1=C(OC)C(=O)OC1[C@@H](O)COC(C)=O. The number of aliphatic hydroxyl groups excluding tert-OH is 1. The Morgan fingerprint density at radius 3 is 2.68 bits per heavy atom. The molecule has 0 aromatic carbocycles. The lowest BCUT2D eigenvalue weighted by atomic mass is 10.2. The Balaban J connectivity index is 2.78. The number of rotatable bonds is 7. The minimum Gasteiger partial charge on any atom is -0.487 e. The molecule has 1 rings (SSSR count). The molecule has 0 aromatic rings. The van der Waals surface area contributed by atoms with E-state index in [1.54, 1.807) is 0 Å². The lowest BCUT2D eigenvalue weighted by molar-refractivity contribution is -0.154. The van der Waals surface area contributed by atoms with Gasteiger partial charge >= 0.3 is 11.9 Å². The second-order valence-electron chi connectivity index (χ2n) is 3.64. The number of hydrogen-bond donors (Lipinski definition) is 1. The van der Waals surface area contributed by atoms with Crippen LogP contribution in [0.2, 0.25) is 0 Å². The van der Waals surface area contributed by atoms with Gasteiger partial charge in [-0.15, -0.1) is 0 Å². The predicted molar refractivity (Wildman–Crippen MR) is 59.5 cm³/mol. The molecular formula is C11H16O8. The molecule has 108 valence electrons. The smallest absolute Gasteiger partial charge is 0.378 e. The normalized spacial score (nSPS) is 20.0. The van der Waals surface area contributed by atoms with Crippen LogP contribution in [0, 0.1) is 0 Å². The summed E-state index contributed by atoms with van der Waals surface area (Å²) in [7, 11) is 2.67. The quantitative estimate of drug-likeness (QED) is 0.482. The van der Waals surface area contributed by atoms with Gasteiger partial charge in [-0.05, 0) is 0 Å². The van der Waals surface area contributed by atoms with E-state index in [0.717, 1.165) is 0 Å². The van der Waals surface area contributed by atoms with Crippen molar-refractivity contribution in [2.75, 3.05) is 27.6 Å². The molecule has 0 aliphatic carbocycles. The van der Waals surface area contributed by atoms with Crippen LogP contribution < -0.4 is 0 Å². The van der Waals surface area contributed by atoms with Crippen molar-refractivity contribution >= 4 is 11.9 Å². The summed E-state index contributed by atoms with van der Waals surface area (Å²) in [6.45, 7) is 0.728. The first kappa shape index (κ1) is 15.3. The third-order valence-corrected chi connectivity index (χ3v) is 2.24. The Bertz CT molecular complexity index is 375. The van der Waals surface area contributed by atoms with E-state index in [9.17, 15) is 14.7 Å². The first-order chi connectivity index (χ1) is 9.01. The molecule has 0 aromatic heterocycles. The third-order valence-electron chi connectivity index (χ3n) is 2.24. The molecule has 0 saturated carbocycles. The van der Waals surface area contributed by atoms with Gasteiger partial charge in [-0.3, -0.25) is 4.79 Å². The molecule has 0 fully saturated rings. The van der Waals surface area contributed by atoms with Gasteiger partial charge in [0.25, 0.3) is 0 Å². The van der Waals surface area contributed by atoms with E-state index in [0.29, 0.717) is 0 Å². The first-order valence-corrected chi connectivity index (χ1v) is 5.43. The number of carbonyl (C=O) groups is 2. The molecule has 19 heavy (non-hydrogen) atoms. The largest absolute Gasteiger partial charge is 0.487 e. The number of cyclic esters (lactones) is 1. The molecule has 1 aliphatic rings. The Morgan fingerprint density at radius 1 is 1.47 bits per heavy atom. The van der Waals surface area contributed by atoms with Gasteiger partial charge in [-0.25, -0.2) is 4.79 Å². The van der Waals surface area contributed by atoms with Gasteiger partial charge in [-0.2, -0.15) is 0 Å². The van der Waals surface area contributed by atoms with Gasteiger partial charge in [0, 0.05) is 14.0 Å². The van der Waals surface area contributed by atoms with Crippen molar-refractivity contribution in [1.82, 2.24) is 0 Å². The van der Waals surface area contributed by atoms with Crippen molar-refractivity contribution in [1.29, 1.82) is 0 Å². The molecule has 2 atom stereocenters. The average molecular weight is 276 g/mol. The molecule has 0 amide bonds.